The molecular weight excluding hydrogens is 532 g/mol. The number of aromatic nitrogens is 3. The van der Waals surface area contributed by atoms with Crippen molar-refractivity contribution in [3.63, 3.8) is 0 Å². The number of ether oxygens (including phenoxy) is 3. The predicted octanol–water partition coefficient (Wildman–Crippen LogP) is 6.22. The summed E-state index contributed by atoms with van der Waals surface area (Å²) in [6, 6.07) is 6.33. The number of alkyl halides is 1. The van der Waals surface area contributed by atoms with E-state index in [0.29, 0.717) is 49.3 Å². The maximum Gasteiger partial charge on any atom is 0.410 e. The molecule has 2 aromatic heterocycles. The summed E-state index contributed by atoms with van der Waals surface area (Å²) in [7, 11) is 0. The van der Waals surface area contributed by atoms with Crippen molar-refractivity contribution >= 4 is 40.2 Å². The van der Waals surface area contributed by atoms with Gasteiger partial charge in [-0.15, -0.1) is 0 Å². The van der Waals surface area contributed by atoms with Gasteiger partial charge < -0.3 is 24.4 Å². The van der Waals surface area contributed by atoms with E-state index in [2.05, 4.69) is 20.3 Å². The van der Waals surface area contributed by atoms with Crippen molar-refractivity contribution in [2.24, 2.45) is 0 Å². The van der Waals surface area contributed by atoms with Gasteiger partial charge in [0.25, 0.3) is 0 Å². The van der Waals surface area contributed by atoms with E-state index in [0.717, 1.165) is 6.42 Å². The molecule has 1 N–H and O–H groups in total. The van der Waals surface area contributed by atoms with Crippen molar-refractivity contribution in [2.45, 2.75) is 63.8 Å². The van der Waals surface area contributed by atoms with Crippen LogP contribution in [0.3, 0.4) is 0 Å². The molecule has 5 rings (SSSR count). The van der Waals surface area contributed by atoms with Gasteiger partial charge >= 0.3 is 6.09 Å². The number of hydrogen-bond donors (Lipinski definition) is 1. The summed E-state index contributed by atoms with van der Waals surface area (Å²) in [5.74, 6) is -0.132. The van der Waals surface area contributed by atoms with Gasteiger partial charge in [-0.1, -0.05) is 11.6 Å². The Morgan fingerprint density at radius 3 is 2.74 bits per heavy atom. The molecule has 1 aliphatic carbocycles. The molecule has 3 heterocycles. The molecule has 1 atom stereocenters. The second-order valence-corrected chi connectivity index (χ2v) is 11.2. The van der Waals surface area contributed by atoms with E-state index in [4.69, 9.17) is 25.8 Å². The Morgan fingerprint density at radius 2 is 2.03 bits per heavy atom. The number of pyridine rings is 1. The summed E-state index contributed by atoms with van der Waals surface area (Å²) in [5, 5.41) is 2.66. The van der Waals surface area contributed by atoms with E-state index in [1.54, 1.807) is 17.0 Å². The van der Waals surface area contributed by atoms with E-state index in [9.17, 15) is 9.18 Å². The molecule has 3 aromatic rings. The van der Waals surface area contributed by atoms with Gasteiger partial charge in [0.05, 0.1) is 17.7 Å². The maximum absolute atomic E-state index is 15.1. The van der Waals surface area contributed by atoms with Crippen molar-refractivity contribution in [2.75, 3.05) is 25.0 Å². The Morgan fingerprint density at radius 1 is 1.23 bits per heavy atom. The van der Waals surface area contributed by atoms with Crippen LogP contribution in [0.15, 0.2) is 30.6 Å². The van der Waals surface area contributed by atoms with Crippen LogP contribution in [0.5, 0.6) is 11.6 Å². The lowest BCUT2D eigenvalue weighted by Gasteiger charge is -2.33. The Bertz CT molecular complexity index is 1380. The minimum Gasteiger partial charge on any atom is -0.489 e. The second-order valence-electron chi connectivity index (χ2n) is 10.9. The summed E-state index contributed by atoms with van der Waals surface area (Å²) in [4.78, 5) is 27.0. The van der Waals surface area contributed by atoms with Crippen LogP contribution in [0.4, 0.5) is 25.1 Å². The number of anilines is 2. The molecular formula is C27H30ClF2N5O4. The molecule has 1 aliphatic heterocycles. The lowest BCUT2D eigenvalue weighted by molar-refractivity contribution is 0.0124. The average molecular weight is 562 g/mol. The van der Waals surface area contributed by atoms with Gasteiger partial charge in [0, 0.05) is 19.0 Å². The standard InChI is InChI=1S/C27H30ClF2N5O4/c1-26(2,3)39-25(36)35-12-9-16(13-35)38-20-8-6-18-23(34-20)24(32-15-31-18)33-17-5-7-19(21(28)22(17)29)37-14-27(30)10-4-11-27/h5-8,15-16H,4,9-14H2,1-3H3,(H,31,32,33)/t16-/m0/s1. The fourth-order valence-electron chi connectivity index (χ4n) is 4.35. The minimum absolute atomic E-state index is 0.0443. The predicted molar refractivity (Wildman–Crippen MR) is 142 cm³/mol. The lowest BCUT2D eigenvalue weighted by atomic mass is 9.83. The molecule has 39 heavy (non-hydrogen) atoms. The first-order valence-corrected chi connectivity index (χ1v) is 13.2. The molecule has 2 fully saturated rings. The summed E-state index contributed by atoms with van der Waals surface area (Å²) >= 11 is 6.19. The fourth-order valence-corrected chi connectivity index (χ4v) is 4.57. The number of amides is 1. The van der Waals surface area contributed by atoms with Crippen LogP contribution >= 0.6 is 11.6 Å². The number of carbonyl (C=O) groups is 1. The topological polar surface area (TPSA) is 98.7 Å². The van der Waals surface area contributed by atoms with E-state index in [-0.39, 0.29) is 41.1 Å². The SMILES string of the molecule is CC(C)(C)OC(=O)N1CC[C@H](Oc2ccc3ncnc(Nc4ccc(OCC5(F)CCC5)c(Cl)c4F)c3n2)C1. The lowest BCUT2D eigenvalue weighted by Crippen LogP contribution is -2.38. The number of benzene rings is 1. The molecule has 9 nitrogen and oxygen atoms in total. The van der Waals surface area contributed by atoms with Crippen LogP contribution in [0.25, 0.3) is 11.0 Å². The second kappa shape index (κ2) is 10.6. The van der Waals surface area contributed by atoms with Gasteiger partial charge in [0.2, 0.25) is 5.88 Å². The zero-order valence-corrected chi connectivity index (χ0v) is 22.7. The highest BCUT2D eigenvalue weighted by molar-refractivity contribution is 6.32. The van der Waals surface area contributed by atoms with Crippen LogP contribution in [0.1, 0.15) is 46.5 Å². The normalized spacial score (nSPS) is 18.5. The van der Waals surface area contributed by atoms with Gasteiger partial charge in [-0.05, 0) is 58.2 Å². The van der Waals surface area contributed by atoms with Crippen LogP contribution < -0.4 is 14.8 Å². The van der Waals surface area contributed by atoms with E-state index < -0.39 is 17.1 Å². The highest BCUT2D eigenvalue weighted by atomic mass is 35.5. The Kier molecular flexibility index (Phi) is 7.37. The van der Waals surface area contributed by atoms with Gasteiger partial charge in [-0.3, -0.25) is 0 Å². The van der Waals surface area contributed by atoms with Crippen LogP contribution in [0, 0.1) is 5.82 Å². The van der Waals surface area contributed by atoms with Gasteiger partial charge in [-0.25, -0.2) is 28.5 Å². The molecule has 1 aromatic carbocycles. The highest BCUT2D eigenvalue weighted by Crippen LogP contribution is 2.39. The minimum atomic E-state index is -1.38. The van der Waals surface area contributed by atoms with Crippen LogP contribution in [-0.4, -0.2) is 63.0 Å². The molecule has 0 radical (unpaired) electrons. The quantitative estimate of drug-likeness (QED) is 0.363. The number of carbonyl (C=O) groups excluding carboxylic acids is 1. The largest absolute Gasteiger partial charge is 0.489 e. The third kappa shape index (κ3) is 6.24. The number of nitrogens with zero attached hydrogens (tertiary/aromatic N) is 4. The summed E-state index contributed by atoms with van der Waals surface area (Å²) < 4.78 is 46.3. The van der Waals surface area contributed by atoms with Crippen molar-refractivity contribution in [3.8, 4) is 11.6 Å². The number of likely N-dealkylation sites (tertiary alicyclic amines) is 1. The molecule has 12 heteroatoms. The molecule has 1 saturated carbocycles. The number of nitrogens with one attached hydrogen (secondary N) is 1. The van der Waals surface area contributed by atoms with Gasteiger partial charge in [0.1, 0.15) is 46.6 Å². The van der Waals surface area contributed by atoms with E-state index in [1.807, 2.05) is 20.8 Å². The zero-order valence-electron chi connectivity index (χ0n) is 22.0. The van der Waals surface area contributed by atoms with E-state index in [1.165, 1.54) is 18.5 Å². The summed E-state index contributed by atoms with van der Waals surface area (Å²) in [6.07, 6.45) is 2.96. The molecule has 0 unspecified atom stereocenters. The molecule has 1 saturated heterocycles. The monoisotopic (exact) mass is 561 g/mol. The number of halogens is 3. The van der Waals surface area contributed by atoms with Crippen molar-refractivity contribution < 1.29 is 27.8 Å². The first-order chi connectivity index (χ1) is 18.5. The Balaban J connectivity index is 1.29. The smallest absolute Gasteiger partial charge is 0.410 e. The number of rotatable bonds is 7. The fraction of sp³-hybridized carbons (Fsp3) is 0.481. The van der Waals surface area contributed by atoms with E-state index >= 15 is 4.39 Å². The van der Waals surface area contributed by atoms with Gasteiger partial charge in [-0.2, -0.15) is 0 Å². The molecule has 1 amide bonds. The third-order valence-electron chi connectivity index (χ3n) is 6.58. The highest BCUT2D eigenvalue weighted by Gasteiger charge is 2.38. The average Bonchev–Trinajstić information content (AvgIpc) is 3.33. The zero-order chi connectivity index (χ0) is 27.8. The Labute approximate surface area is 229 Å². The number of hydrogen-bond acceptors (Lipinski definition) is 8. The molecule has 2 aliphatic rings. The summed E-state index contributed by atoms with van der Waals surface area (Å²) in [5.41, 5.74) is -1.04. The molecule has 0 spiro atoms. The van der Waals surface area contributed by atoms with Crippen molar-refractivity contribution in [1.29, 1.82) is 0 Å². The van der Waals surface area contributed by atoms with Crippen molar-refractivity contribution in [3.05, 3.63) is 41.4 Å². The van der Waals surface area contributed by atoms with Crippen molar-refractivity contribution in [1.82, 2.24) is 19.9 Å². The third-order valence-corrected chi connectivity index (χ3v) is 6.93. The number of fused-ring (bicyclic) bond motifs is 1. The first-order valence-electron chi connectivity index (χ1n) is 12.8. The Hall–Kier alpha value is -3.47. The maximum atomic E-state index is 15.1. The summed E-state index contributed by atoms with van der Waals surface area (Å²) in [6.45, 7) is 6.17. The first kappa shape index (κ1) is 27.1. The van der Waals surface area contributed by atoms with Crippen LogP contribution in [0.2, 0.25) is 5.02 Å². The van der Waals surface area contributed by atoms with Gasteiger partial charge in [0.15, 0.2) is 11.6 Å². The van der Waals surface area contributed by atoms with Crippen LogP contribution in [-0.2, 0) is 4.74 Å². The molecule has 208 valence electrons. The molecule has 0 bridgehead atoms.